The molecule has 2 aromatic rings. The number of hydrogen-bond donors (Lipinski definition) is 2. The van der Waals surface area contributed by atoms with Gasteiger partial charge in [0.15, 0.2) is 0 Å². The minimum absolute atomic E-state index is 0.0191. The van der Waals surface area contributed by atoms with Crippen LogP contribution in [-0.2, 0) is 46.1 Å². The number of nitrogens with one attached hydrogen (secondary N) is 1. The number of halogens is 2. The van der Waals surface area contributed by atoms with Crippen LogP contribution >= 0.6 is 0 Å². The van der Waals surface area contributed by atoms with Crippen molar-refractivity contribution in [2.75, 3.05) is 12.0 Å². The van der Waals surface area contributed by atoms with Gasteiger partial charge < -0.3 is 19.0 Å². The minimum Gasteiger partial charge on any atom is -0.440 e. The van der Waals surface area contributed by atoms with E-state index >= 15 is 0 Å². The number of fused-ring (bicyclic) bond motifs is 2. The first-order chi connectivity index (χ1) is 13.8. The summed E-state index contributed by atoms with van der Waals surface area (Å²) in [5, 5.41) is 13.2. The van der Waals surface area contributed by atoms with Crippen LogP contribution in [0.3, 0.4) is 0 Å². The van der Waals surface area contributed by atoms with E-state index in [9.17, 15) is 18.1 Å². The molecule has 0 saturated heterocycles. The Hall–Kier alpha value is -1.99. The molecule has 0 fully saturated rings. The highest BCUT2D eigenvalue weighted by Gasteiger charge is 2.28. The summed E-state index contributed by atoms with van der Waals surface area (Å²) in [4.78, 5) is -0.0191. The van der Waals surface area contributed by atoms with Crippen LogP contribution in [0, 0.1) is 11.6 Å². The lowest BCUT2D eigenvalue weighted by Crippen LogP contribution is -2.15. The highest BCUT2D eigenvalue weighted by atomic mass is 32.2. The molecule has 2 aliphatic rings. The fourth-order valence-corrected chi connectivity index (χ4v) is 5.09. The number of aliphatic hydroxyl groups is 1. The largest absolute Gasteiger partial charge is 0.440 e. The molecule has 2 N–H and O–H groups in total. The molecule has 7 heteroatoms. The summed E-state index contributed by atoms with van der Waals surface area (Å²) >= 11 is 0. The number of nitrogens with zero attached hydrogens (tertiary/aromatic N) is 1. The second-order valence-corrected chi connectivity index (χ2v) is 9.42. The molecule has 29 heavy (non-hydrogen) atoms. The Bertz CT molecular complexity index is 1020. The van der Waals surface area contributed by atoms with E-state index in [-0.39, 0.29) is 17.4 Å². The van der Waals surface area contributed by atoms with E-state index in [4.69, 9.17) is 0 Å². The van der Waals surface area contributed by atoms with Crippen LogP contribution < -0.4 is 5.32 Å². The minimum atomic E-state index is -1.87. The van der Waals surface area contributed by atoms with Crippen molar-refractivity contribution in [1.82, 2.24) is 0 Å². The van der Waals surface area contributed by atoms with Gasteiger partial charge in [-0.25, -0.2) is 8.78 Å². The van der Waals surface area contributed by atoms with Crippen molar-refractivity contribution in [3.8, 4) is 0 Å². The average Bonchev–Trinajstić information content (AvgIpc) is 3.33. The van der Waals surface area contributed by atoms with Gasteiger partial charge in [0.25, 0.3) is 0 Å². The highest BCUT2D eigenvalue weighted by Crippen LogP contribution is 2.40. The summed E-state index contributed by atoms with van der Waals surface area (Å²) in [7, 11) is -1.87. The summed E-state index contributed by atoms with van der Waals surface area (Å²) in [6.07, 6.45) is 5.04. The molecule has 156 valence electrons. The third-order valence-electron chi connectivity index (χ3n) is 5.83. The Kier molecular flexibility index (Phi) is 5.38. The first kappa shape index (κ1) is 20.3. The predicted octanol–water partition coefficient (Wildman–Crippen LogP) is 4.75. The summed E-state index contributed by atoms with van der Waals surface area (Å²) in [6, 6.07) is 4.14. The second kappa shape index (κ2) is 7.69. The fraction of sp³-hybridized carbons (Fsp3) is 0.455. The van der Waals surface area contributed by atoms with Crippen LogP contribution in [0.25, 0.3) is 0 Å². The molecule has 2 aromatic carbocycles. The van der Waals surface area contributed by atoms with Gasteiger partial charge in [0, 0.05) is 5.69 Å². The SMILES string of the molecule is CC(C)(O)c1ccc([S-](=O)=NCNc2c3c(c(F)c4c2CCC4)CCC3)c(F)c1. The molecule has 0 atom stereocenters. The van der Waals surface area contributed by atoms with Crippen molar-refractivity contribution >= 4 is 16.3 Å². The molecule has 0 saturated carbocycles. The molecule has 0 aromatic heterocycles. The van der Waals surface area contributed by atoms with Crippen LogP contribution in [0.4, 0.5) is 14.5 Å². The van der Waals surface area contributed by atoms with Crippen LogP contribution in [-0.4, -0.2) is 11.8 Å². The monoisotopic (exact) mass is 419 g/mol. The van der Waals surface area contributed by atoms with E-state index in [1.165, 1.54) is 12.1 Å². The molecule has 0 unspecified atom stereocenters. The van der Waals surface area contributed by atoms with Crippen LogP contribution in [0.5, 0.6) is 0 Å². The van der Waals surface area contributed by atoms with Gasteiger partial charge in [0.2, 0.25) is 0 Å². The van der Waals surface area contributed by atoms with Crippen molar-refractivity contribution < 1.29 is 18.1 Å². The van der Waals surface area contributed by atoms with Crippen molar-refractivity contribution in [1.29, 1.82) is 0 Å². The molecule has 0 spiro atoms. The Morgan fingerprint density at radius 3 is 2.21 bits per heavy atom. The van der Waals surface area contributed by atoms with Gasteiger partial charge in [-0.05, 0) is 86.3 Å². The van der Waals surface area contributed by atoms with Gasteiger partial charge in [0.1, 0.15) is 11.6 Å². The molecular formula is C22H25F2N2O2S-. The smallest absolute Gasteiger partial charge is 0.130 e. The average molecular weight is 420 g/mol. The van der Waals surface area contributed by atoms with E-state index in [0.29, 0.717) is 5.56 Å². The van der Waals surface area contributed by atoms with E-state index in [1.54, 1.807) is 19.9 Å². The van der Waals surface area contributed by atoms with Gasteiger partial charge in [-0.3, -0.25) is 0 Å². The van der Waals surface area contributed by atoms with Crippen molar-refractivity contribution in [3.63, 3.8) is 0 Å². The number of benzene rings is 2. The highest BCUT2D eigenvalue weighted by molar-refractivity contribution is 7.74. The normalized spacial score (nSPS) is 16.7. The first-order valence-corrected chi connectivity index (χ1v) is 11.1. The van der Waals surface area contributed by atoms with Gasteiger partial charge in [0.05, 0.1) is 12.3 Å². The summed E-state index contributed by atoms with van der Waals surface area (Å²) < 4.78 is 45.6. The first-order valence-electron chi connectivity index (χ1n) is 9.98. The molecular weight excluding hydrogens is 394 g/mol. The Morgan fingerprint density at radius 1 is 1.07 bits per heavy atom. The maximum atomic E-state index is 14.7. The molecule has 0 amide bonds. The third-order valence-corrected chi connectivity index (χ3v) is 6.90. The molecule has 4 nitrogen and oxygen atoms in total. The van der Waals surface area contributed by atoms with Gasteiger partial charge in [-0.1, -0.05) is 17.0 Å². The molecule has 0 heterocycles. The lowest BCUT2D eigenvalue weighted by Gasteiger charge is -2.20. The van der Waals surface area contributed by atoms with E-state index in [1.807, 2.05) is 0 Å². The lowest BCUT2D eigenvalue weighted by molar-refractivity contribution is 0.0781. The maximum Gasteiger partial charge on any atom is 0.130 e. The maximum absolute atomic E-state index is 14.7. The second-order valence-electron chi connectivity index (χ2n) is 8.23. The molecule has 0 bridgehead atoms. The predicted molar refractivity (Wildman–Crippen MR) is 109 cm³/mol. The zero-order valence-corrected chi connectivity index (χ0v) is 17.5. The van der Waals surface area contributed by atoms with Gasteiger partial charge >= 0.3 is 0 Å². The molecule has 0 radical (unpaired) electrons. The molecule has 4 rings (SSSR count). The number of anilines is 1. The molecule has 2 aliphatic carbocycles. The van der Waals surface area contributed by atoms with Crippen molar-refractivity contribution in [3.05, 3.63) is 57.7 Å². The van der Waals surface area contributed by atoms with E-state index in [0.717, 1.165) is 66.5 Å². The van der Waals surface area contributed by atoms with Gasteiger partial charge in [-0.15, -0.1) is 0 Å². The van der Waals surface area contributed by atoms with Crippen molar-refractivity contribution in [2.24, 2.45) is 4.36 Å². The van der Waals surface area contributed by atoms with Crippen LogP contribution in [0.2, 0.25) is 0 Å². The Balaban J connectivity index is 1.57. The van der Waals surface area contributed by atoms with E-state index in [2.05, 4.69) is 9.68 Å². The topological polar surface area (TPSA) is 61.7 Å². The number of rotatable bonds is 5. The summed E-state index contributed by atoms with van der Waals surface area (Å²) in [5.74, 6) is -0.694. The number of hydrogen-bond acceptors (Lipinski definition) is 5. The quantitative estimate of drug-likeness (QED) is 0.688. The molecule has 0 aliphatic heterocycles. The summed E-state index contributed by atoms with van der Waals surface area (Å²) in [6.45, 7) is 3.18. The third kappa shape index (κ3) is 3.78. The standard InChI is InChI=1S/C22H25F2N2O2S/c1-22(2,27)13-9-10-19(18(23)11-13)29(28)26-12-25-21-16-7-3-5-14(16)20(24)15-6-4-8-17(15)21/h9-11,25,27H,3-8,12H2,1-2H3/q-1. The van der Waals surface area contributed by atoms with E-state index < -0.39 is 22.0 Å². The zero-order chi connectivity index (χ0) is 20.8. The van der Waals surface area contributed by atoms with Gasteiger partial charge in [-0.2, -0.15) is 10.6 Å². The lowest BCUT2D eigenvalue weighted by atomic mass is 9.98. The Morgan fingerprint density at radius 2 is 1.66 bits per heavy atom. The van der Waals surface area contributed by atoms with Crippen LogP contribution in [0.1, 0.15) is 54.5 Å². The van der Waals surface area contributed by atoms with Crippen molar-refractivity contribution in [2.45, 2.75) is 62.9 Å². The Labute approximate surface area is 171 Å². The van der Waals surface area contributed by atoms with Crippen LogP contribution in [0.15, 0.2) is 27.5 Å². The zero-order valence-electron chi connectivity index (χ0n) is 16.6. The summed E-state index contributed by atoms with van der Waals surface area (Å²) in [5.41, 5.74) is 3.82. The fourth-order valence-electron chi connectivity index (χ4n) is 4.36.